The lowest BCUT2D eigenvalue weighted by atomic mass is 10.2. The van der Waals surface area contributed by atoms with Crippen LogP contribution in [0.25, 0.3) is 0 Å². The van der Waals surface area contributed by atoms with Crippen molar-refractivity contribution in [1.82, 2.24) is 20.2 Å². The SMILES string of the molecule is Clc1cnccc1NC[C@H]1CC[C@@H](c2ncn[nH]2)O1. The number of aromatic nitrogens is 4. The molecule has 3 rings (SSSR count). The third-order valence-electron chi connectivity index (χ3n) is 3.14. The first-order valence-corrected chi connectivity index (χ1v) is 6.55. The molecule has 0 radical (unpaired) electrons. The van der Waals surface area contributed by atoms with Crippen molar-refractivity contribution in [2.75, 3.05) is 11.9 Å². The molecule has 3 heterocycles. The highest BCUT2D eigenvalue weighted by Gasteiger charge is 2.28. The van der Waals surface area contributed by atoms with Gasteiger partial charge < -0.3 is 10.1 Å². The fraction of sp³-hybridized carbons (Fsp3) is 0.417. The van der Waals surface area contributed by atoms with Gasteiger partial charge in [-0.25, -0.2) is 4.98 Å². The van der Waals surface area contributed by atoms with Crippen LogP contribution in [0.2, 0.25) is 5.02 Å². The Hall–Kier alpha value is -1.66. The molecule has 100 valence electrons. The summed E-state index contributed by atoms with van der Waals surface area (Å²) in [6, 6.07) is 1.85. The molecule has 2 aromatic rings. The van der Waals surface area contributed by atoms with Gasteiger partial charge in [-0.15, -0.1) is 0 Å². The van der Waals surface area contributed by atoms with Crippen molar-refractivity contribution in [3.63, 3.8) is 0 Å². The molecule has 0 unspecified atom stereocenters. The molecule has 0 aliphatic carbocycles. The molecule has 1 saturated heterocycles. The molecule has 1 fully saturated rings. The summed E-state index contributed by atoms with van der Waals surface area (Å²) >= 11 is 6.03. The van der Waals surface area contributed by atoms with Crippen molar-refractivity contribution in [2.24, 2.45) is 0 Å². The minimum atomic E-state index is 0.0159. The molecular formula is C12H14ClN5O. The number of aromatic amines is 1. The first kappa shape index (κ1) is 12.4. The quantitative estimate of drug-likeness (QED) is 0.897. The molecule has 0 bridgehead atoms. The summed E-state index contributed by atoms with van der Waals surface area (Å²) in [5.74, 6) is 0.796. The Morgan fingerprint density at radius 3 is 3.21 bits per heavy atom. The Bertz CT molecular complexity index is 533. The van der Waals surface area contributed by atoms with E-state index < -0.39 is 0 Å². The van der Waals surface area contributed by atoms with Crippen LogP contribution in [0.5, 0.6) is 0 Å². The lowest BCUT2D eigenvalue weighted by molar-refractivity contribution is 0.0472. The maximum atomic E-state index is 6.03. The van der Waals surface area contributed by atoms with Gasteiger partial charge in [0.15, 0.2) is 5.82 Å². The van der Waals surface area contributed by atoms with E-state index in [1.165, 1.54) is 6.33 Å². The summed E-state index contributed by atoms with van der Waals surface area (Å²) in [5.41, 5.74) is 0.878. The summed E-state index contributed by atoms with van der Waals surface area (Å²) in [7, 11) is 0. The van der Waals surface area contributed by atoms with E-state index in [2.05, 4.69) is 25.5 Å². The van der Waals surface area contributed by atoms with Crippen LogP contribution in [0.3, 0.4) is 0 Å². The number of nitrogens with one attached hydrogen (secondary N) is 2. The van der Waals surface area contributed by atoms with Crippen molar-refractivity contribution >= 4 is 17.3 Å². The number of rotatable bonds is 4. The minimum Gasteiger partial charge on any atom is -0.381 e. The highest BCUT2D eigenvalue weighted by atomic mass is 35.5. The van der Waals surface area contributed by atoms with Gasteiger partial charge in [0.1, 0.15) is 12.4 Å². The molecular weight excluding hydrogens is 266 g/mol. The van der Waals surface area contributed by atoms with Gasteiger partial charge in [-0.2, -0.15) is 5.10 Å². The number of pyridine rings is 1. The zero-order valence-corrected chi connectivity index (χ0v) is 11.0. The van der Waals surface area contributed by atoms with Crippen LogP contribution >= 0.6 is 11.6 Å². The predicted molar refractivity (Wildman–Crippen MR) is 71.0 cm³/mol. The topological polar surface area (TPSA) is 75.7 Å². The van der Waals surface area contributed by atoms with E-state index in [1.54, 1.807) is 12.4 Å². The zero-order valence-electron chi connectivity index (χ0n) is 10.2. The van der Waals surface area contributed by atoms with Crippen LogP contribution < -0.4 is 5.32 Å². The Morgan fingerprint density at radius 2 is 2.42 bits per heavy atom. The monoisotopic (exact) mass is 279 g/mol. The van der Waals surface area contributed by atoms with Crippen molar-refractivity contribution in [2.45, 2.75) is 25.0 Å². The second-order valence-corrected chi connectivity index (χ2v) is 4.84. The van der Waals surface area contributed by atoms with Gasteiger partial charge in [0.2, 0.25) is 0 Å². The molecule has 1 aliphatic heterocycles. The third kappa shape index (κ3) is 2.85. The van der Waals surface area contributed by atoms with Crippen molar-refractivity contribution in [3.8, 4) is 0 Å². The molecule has 0 aromatic carbocycles. The van der Waals surface area contributed by atoms with Gasteiger partial charge >= 0.3 is 0 Å². The van der Waals surface area contributed by atoms with Crippen molar-refractivity contribution in [3.05, 3.63) is 35.6 Å². The number of halogens is 1. The van der Waals surface area contributed by atoms with E-state index in [0.29, 0.717) is 11.6 Å². The Balaban J connectivity index is 1.54. The molecule has 2 atom stereocenters. The van der Waals surface area contributed by atoms with Gasteiger partial charge in [0.25, 0.3) is 0 Å². The number of H-pyrrole nitrogens is 1. The van der Waals surface area contributed by atoms with Gasteiger partial charge in [-0.05, 0) is 18.9 Å². The van der Waals surface area contributed by atoms with E-state index in [1.807, 2.05) is 6.07 Å². The van der Waals surface area contributed by atoms with E-state index in [9.17, 15) is 0 Å². The highest BCUT2D eigenvalue weighted by Crippen LogP contribution is 2.30. The molecule has 0 spiro atoms. The summed E-state index contributed by atoms with van der Waals surface area (Å²) in [5, 5.41) is 10.6. The Labute approximate surface area is 115 Å². The second kappa shape index (κ2) is 5.54. The van der Waals surface area contributed by atoms with Gasteiger partial charge in [0.05, 0.1) is 16.8 Å². The molecule has 6 nitrogen and oxygen atoms in total. The lowest BCUT2D eigenvalue weighted by Crippen LogP contribution is -2.19. The van der Waals surface area contributed by atoms with Crippen LogP contribution in [0, 0.1) is 0 Å². The van der Waals surface area contributed by atoms with E-state index >= 15 is 0 Å². The molecule has 1 aliphatic rings. The minimum absolute atomic E-state index is 0.0159. The van der Waals surface area contributed by atoms with E-state index in [4.69, 9.17) is 16.3 Å². The number of ether oxygens (including phenoxy) is 1. The average Bonchev–Trinajstić information content (AvgIpc) is 3.09. The summed E-state index contributed by atoms with van der Waals surface area (Å²) in [4.78, 5) is 8.07. The molecule has 2 aromatic heterocycles. The Morgan fingerprint density at radius 1 is 1.47 bits per heavy atom. The normalized spacial score (nSPS) is 22.6. The standard InChI is InChI=1S/C12H14ClN5O/c13-9-6-14-4-3-10(9)15-5-8-1-2-11(19-8)12-16-7-17-18-12/h3-4,6-8,11H,1-2,5H2,(H,14,15)(H,16,17,18)/t8-,11+/m1/s1. The van der Waals surface area contributed by atoms with Gasteiger partial charge in [-0.3, -0.25) is 10.1 Å². The third-order valence-corrected chi connectivity index (χ3v) is 3.44. The number of nitrogens with zero attached hydrogens (tertiary/aromatic N) is 3. The maximum Gasteiger partial charge on any atom is 0.153 e. The summed E-state index contributed by atoms with van der Waals surface area (Å²) in [6.45, 7) is 0.717. The largest absolute Gasteiger partial charge is 0.381 e. The van der Waals surface area contributed by atoms with E-state index in [0.717, 1.165) is 24.4 Å². The predicted octanol–water partition coefficient (Wildman–Crippen LogP) is 2.19. The fourth-order valence-electron chi connectivity index (χ4n) is 2.17. The first-order valence-electron chi connectivity index (χ1n) is 6.17. The summed E-state index contributed by atoms with van der Waals surface area (Å²) < 4.78 is 5.91. The van der Waals surface area contributed by atoms with Gasteiger partial charge in [0, 0.05) is 18.9 Å². The van der Waals surface area contributed by atoms with Gasteiger partial charge in [-0.1, -0.05) is 11.6 Å². The second-order valence-electron chi connectivity index (χ2n) is 4.43. The maximum absolute atomic E-state index is 6.03. The fourth-order valence-corrected chi connectivity index (χ4v) is 2.36. The van der Waals surface area contributed by atoms with Crippen LogP contribution in [-0.4, -0.2) is 32.8 Å². The van der Waals surface area contributed by atoms with E-state index in [-0.39, 0.29) is 12.2 Å². The number of hydrogen-bond acceptors (Lipinski definition) is 5. The molecule has 7 heteroatoms. The summed E-state index contributed by atoms with van der Waals surface area (Å²) in [6.07, 6.45) is 6.94. The number of hydrogen-bond donors (Lipinski definition) is 2. The molecule has 19 heavy (non-hydrogen) atoms. The van der Waals surface area contributed by atoms with Crippen LogP contribution in [0.1, 0.15) is 24.8 Å². The molecule has 0 amide bonds. The molecule has 2 N–H and O–H groups in total. The first-order chi connectivity index (χ1) is 9.33. The lowest BCUT2D eigenvalue weighted by Gasteiger charge is -2.14. The Kier molecular flexibility index (Phi) is 3.61. The van der Waals surface area contributed by atoms with Crippen molar-refractivity contribution in [1.29, 1.82) is 0 Å². The van der Waals surface area contributed by atoms with Crippen LogP contribution in [-0.2, 0) is 4.74 Å². The van der Waals surface area contributed by atoms with Crippen LogP contribution in [0.4, 0.5) is 5.69 Å². The zero-order chi connectivity index (χ0) is 13.1. The number of anilines is 1. The smallest absolute Gasteiger partial charge is 0.153 e. The highest BCUT2D eigenvalue weighted by molar-refractivity contribution is 6.33. The van der Waals surface area contributed by atoms with Crippen molar-refractivity contribution < 1.29 is 4.74 Å². The molecule has 0 saturated carbocycles. The van der Waals surface area contributed by atoms with Crippen LogP contribution in [0.15, 0.2) is 24.8 Å². The average molecular weight is 280 g/mol.